The van der Waals surface area contributed by atoms with Gasteiger partial charge in [0.15, 0.2) is 0 Å². The van der Waals surface area contributed by atoms with Crippen molar-refractivity contribution in [2.24, 2.45) is 5.73 Å². The summed E-state index contributed by atoms with van der Waals surface area (Å²) >= 11 is 0. The highest BCUT2D eigenvalue weighted by molar-refractivity contribution is 5.90. The Kier molecular flexibility index (Phi) is 5.12. The van der Waals surface area contributed by atoms with Crippen LogP contribution < -0.4 is 11.1 Å². The maximum atomic E-state index is 11.6. The zero-order valence-electron chi connectivity index (χ0n) is 11.6. The number of nitrogens with one attached hydrogen (secondary N) is 1. The molecule has 1 saturated heterocycles. The van der Waals surface area contributed by atoms with Gasteiger partial charge in [0.25, 0.3) is 0 Å². The highest BCUT2D eigenvalue weighted by Gasteiger charge is 2.19. The lowest BCUT2D eigenvalue weighted by atomic mass is 10.2. The highest BCUT2D eigenvalue weighted by Crippen LogP contribution is 2.16. The third-order valence-corrected chi connectivity index (χ3v) is 3.39. The number of likely N-dealkylation sites (tertiary alicyclic amines) is 1. The van der Waals surface area contributed by atoms with Crippen LogP contribution in [0.5, 0.6) is 0 Å². The van der Waals surface area contributed by atoms with Gasteiger partial charge in [-0.2, -0.15) is 0 Å². The van der Waals surface area contributed by atoms with E-state index in [1.54, 1.807) is 0 Å². The number of hydrogen-bond donors (Lipinski definition) is 2. The molecule has 1 aromatic carbocycles. The smallest absolute Gasteiger partial charge is 0.224 e. The fourth-order valence-electron chi connectivity index (χ4n) is 2.27. The largest absolute Gasteiger partial charge is 0.338 e. The minimum absolute atomic E-state index is 0.0158. The molecule has 1 heterocycles. The molecule has 0 radical (unpaired) electrons. The number of carbonyl (C=O) groups is 2. The Labute approximate surface area is 119 Å². The van der Waals surface area contributed by atoms with Crippen LogP contribution in [0.15, 0.2) is 24.3 Å². The number of nitrogens with two attached hydrogens (primary N) is 1. The van der Waals surface area contributed by atoms with Crippen molar-refractivity contribution < 1.29 is 9.59 Å². The van der Waals surface area contributed by atoms with E-state index < -0.39 is 0 Å². The predicted molar refractivity (Wildman–Crippen MR) is 78.0 cm³/mol. The number of amides is 2. The summed E-state index contributed by atoms with van der Waals surface area (Å²) in [6.07, 6.45) is 2.75. The predicted octanol–water partition coefficient (Wildman–Crippen LogP) is 1.49. The van der Waals surface area contributed by atoms with Gasteiger partial charge in [0.2, 0.25) is 11.8 Å². The molecule has 3 N–H and O–H groups in total. The zero-order valence-corrected chi connectivity index (χ0v) is 11.6. The average Bonchev–Trinajstić information content (AvgIpc) is 2.84. The van der Waals surface area contributed by atoms with Crippen LogP contribution in [0.4, 0.5) is 5.69 Å². The molecule has 0 unspecified atom stereocenters. The Morgan fingerprint density at radius 3 is 2.65 bits per heavy atom. The first-order valence-corrected chi connectivity index (χ1v) is 7.05. The van der Waals surface area contributed by atoms with E-state index in [9.17, 15) is 9.59 Å². The number of carbonyl (C=O) groups excluding carboxylic acids is 2. The Balaban J connectivity index is 1.86. The fourth-order valence-corrected chi connectivity index (χ4v) is 2.27. The van der Waals surface area contributed by atoms with Gasteiger partial charge in [-0.05, 0) is 37.1 Å². The van der Waals surface area contributed by atoms with E-state index in [1.807, 2.05) is 29.2 Å². The second kappa shape index (κ2) is 7.05. The van der Waals surface area contributed by atoms with E-state index in [-0.39, 0.29) is 11.8 Å². The lowest BCUT2D eigenvalue weighted by molar-refractivity contribution is -0.128. The monoisotopic (exact) mass is 275 g/mol. The molecule has 2 rings (SSSR count). The van der Waals surface area contributed by atoms with Gasteiger partial charge in [-0.1, -0.05) is 12.1 Å². The van der Waals surface area contributed by atoms with Gasteiger partial charge in [-0.15, -0.1) is 0 Å². The second-order valence-electron chi connectivity index (χ2n) is 5.06. The number of hydrogen-bond acceptors (Lipinski definition) is 3. The summed E-state index contributed by atoms with van der Waals surface area (Å²) in [5, 5.41) is 2.83. The molecule has 108 valence electrons. The van der Waals surface area contributed by atoms with Gasteiger partial charge in [0.1, 0.15) is 0 Å². The Morgan fingerprint density at radius 1 is 1.30 bits per heavy atom. The SMILES string of the molecule is NCCCC(=O)Nc1ccc(CN2CCCC2=O)cc1. The summed E-state index contributed by atoms with van der Waals surface area (Å²) in [7, 11) is 0. The number of nitrogens with zero attached hydrogens (tertiary/aromatic N) is 1. The molecule has 0 aliphatic carbocycles. The molecule has 1 aliphatic rings. The summed E-state index contributed by atoms with van der Waals surface area (Å²) < 4.78 is 0. The Morgan fingerprint density at radius 2 is 2.05 bits per heavy atom. The van der Waals surface area contributed by atoms with Crippen molar-refractivity contribution in [3.8, 4) is 0 Å². The van der Waals surface area contributed by atoms with Crippen LogP contribution in [-0.2, 0) is 16.1 Å². The van der Waals surface area contributed by atoms with Crippen LogP contribution in [-0.4, -0.2) is 29.8 Å². The number of anilines is 1. The molecule has 0 atom stereocenters. The van der Waals surface area contributed by atoms with E-state index in [1.165, 1.54) is 0 Å². The van der Waals surface area contributed by atoms with Crippen LogP contribution in [0, 0.1) is 0 Å². The average molecular weight is 275 g/mol. The summed E-state index contributed by atoms with van der Waals surface area (Å²) in [4.78, 5) is 25.0. The van der Waals surface area contributed by atoms with Gasteiger partial charge in [-0.3, -0.25) is 9.59 Å². The van der Waals surface area contributed by atoms with Crippen LogP contribution in [0.25, 0.3) is 0 Å². The van der Waals surface area contributed by atoms with Crippen LogP contribution in [0.3, 0.4) is 0 Å². The Hall–Kier alpha value is -1.88. The van der Waals surface area contributed by atoms with Crippen molar-refractivity contribution in [2.75, 3.05) is 18.4 Å². The summed E-state index contributed by atoms with van der Waals surface area (Å²) in [5.74, 6) is 0.210. The molecule has 1 aliphatic heterocycles. The van der Waals surface area contributed by atoms with Crippen LogP contribution in [0.2, 0.25) is 0 Å². The zero-order chi connectivity index (χ0) is 14.4. The van der Waals surface area contributed by atoms with E-state index in [4.69, 9.17) is 5.73 Å². The molecule has 5 nitrogen and oxygen atoms in total. The maximum absolute atomic E-state index is 11.6. The van der Waals surface area contributed by atoms with Crippen molar-refractivity contribution in [3.63, 3.8) is 0 Å². The summed E-state index contributed by atoms with van der Waals surface area (Å²) in [6, 6.07) is 7.64. The van der Waals surface area contributed by atoms with Crippen molar-refractivity contribution >= 4 is 17.5 Å². The number of rotatable bonds is 6. The molecular weight excluding hydrogens is 254 g/mol. The minimum atomic E-state index is -0.0158. The first-order valence-electron chi connectivity index (χ1n) is 7.05. The minimum Gasteiger partial charge on any atom is -0.338 e. The molecule has 0 saturated carbocycles. The third kappa shape index (κ3) is 4.06. The van der Waals surface area contributed by atoms with Crippen molar-refractivity contribution in [2.45, 2.75) is 32.2 Å². The molecule has 1 aromatic rings. The van der Waals surface area contributed by atoms with Crippen molar-refractivity contribution in [1.29, 1.82) is 0 Å². The maximum Gasteiger partial charge on any atom is 0.224 e. The highest BCUT2D eigenvalue weighted by atomic mass is 16.2. The van der Waals surface area contributed by atoms with Crippen LogP contribution >= 0.6 is 0 Å². The summed E-state index contributed by atoms with van der Waals surface area (Å²) in [6.45, 7) is 2.02. The molecule has 20 heavy (non-hydrogen) atoms. The van der Waals surface area contributed by atoms with E-state index in [0.29, 0.717) is 32.4 Å². The third-order valence-electron chi connectivity index (χ3n) is 3.39. The van der Waals surface area contributed by atoms with E-state index >= 15 is 0 Å². The Bertz CT molecular complexity index is 471. The van der Waals surface area contributed by atoms with Crippen LogP contribution in [0.1, 0.15) is 31.2 Å². The molecule has 0 aromatic heterocycles. The van der Waals surface area contributed by atoms with E-state index in [0.717, 1.165) is 24.2 Å². The normalized spacial score (nSPS) is 14.7. The lowest BCUT2D eigenvalue weighted by Crippen LogP contribution is -2.23. The quantitative estimate of drug-likeness (QED) is 0.826. The standard InChI is InChI=1S/C15H21N3O2/c16-9-1-3-14(19)17-13-7-5-12(6-8-13)11-18-10-2-4-15(18)20/h5-8H,1-4,9-11,16H2,(H,17,19). The number of benzene rings is 1. The van der Waals surface area contributed by atoms with Gasteiger partial charge >= 0.3 is 0 Å². The first kappa shape index (κ1) is 14.5. The topological polar surface area (TPSA) is 75.4 Å². The molecule has 0 spiro atoms. The van der Waals surface area contributed by atoms with Crippen molar-refractivity contribution in [3.05, 3.63) is 29.8 Å². The molecule has 2 amide bonds. The van der Waals surface area contributed by atoms with Crippen molar-refractivity contribution in [1.82, 2.24) is 4.90 Å². The fraction of sp³-hybridized carbons (Fsp3) is 0.467. The molecule has 1 fully saturated rings. The molecule has 0 bridgehead atoms. The van der Waals surface area contributed by atoms with Gasteiger partial charge < -0.3 is 16.0 Å². The first-order chi connectivity index (χ1) is 9.69. The van der Waals surface area contributed by atoms with Gasteiger partial charge in [0, 0.05) is 31.6 Å². The van der Waals surface area contributed by atoms with Gasteiger partial charge in [-0.25, -0.2) is 0 Å². The molecular formula is C15H21N3O2. The molecule has 5 heteroatoms. The van der Waals surface area contributed by atoms with Gasteiger partial charge in [0.05, 0.1) is 0 Å². The second-order valence-corrected chi connectivity index (χ2v) is 5.06. The summed E-state index contributed by atoms with van der Waals surface area (Å²) in [5.41, 5.74) is 7.23. The lowest BCUT2D eigenvalue weighted by Gasteiger charge is -2.15. The van der Waals surface area contributed by atoms with E-state index in [2.05, 4.69) is 5.32 Å².